The first-order valence-electron chi connectivity index (χ1n) is 4.09. The summed E-state index contributed by atoms with van der Waals surface area (Å²) in [5, 5.41) is 4.49. The van der Waals surface area contributed by atoms with E-state index in [1.165, 1.54) is 36.6 Å². The van der Waals surface area contributed by atoms with Crippen LogP contribution in [0.5, 0.6) is 0 Å². The van der Waals surface area contributed by atoms with E-state index in [1.807, 2.05) is 0 Å². The van der Waals surface area contributed by atoms with E-state index in [1.54, 1.807) is 0 Å². The number of carbonyl (C=O) groups excluding carboxylic acids is 2. The lowest BCUT2D eigenvalue weighted by molar-refractivity contribution is -0.118. The Balaban J connectivity index is 2.62. The van der Waals surface area contributed by atoms with E-state index in [4.69, 9.17) is 0 Å². The normalized spacial score (nSPS) is 10.1. The van der Waals surface area contributed by atoms with Gasteiger partial charge in [-0.05, 0) is 13.8 Å². The number of nitrogens with zero attached hydrogens (tertiary/aromatic N) is 3. The van der Waals surface area contributed by atoms with Gasteiger partial charge in [0.05, 0.1) is 5.75 Å². The van der Waals surface area contributed by atoms with Crippen LogP contribution in [0.15, 0.2) is 11.5 Å². The summed E-state index contributed by atoms with van der Waals surface area (Å²) in [5.41, 5.74) is 0. The van der Waals surface area contributed by atoms with E-state index in [0.29, 0.717) is 10.9 Å². The second kappa shape index (κ2) is 4.90. The summed E-state index contributed by atoms with van der Waals surface area (Å²) in [6.45, 7) is 3.21. The fourth-order valence-electron chi connectivity index (χ4n) is 0.851. The van der Waals surface area contributed by atoms with Crippen LogP contribution in [0.1, 0.15) is 13.8 Å². The maximum Gasteiger partial charge on any atom is 0.186 e. The highest BCUT2D eigenvalue weighted by atomic mass is 32.2. The molecule has 0 amide bonds. The zero-order chi connectivity index (χ0) is 10.6. The molecular formula is C8H11N3O2S. The number of rotatable bonds is 5. The molecule has 0 aliphatic carbocycles. The number of hydrogen-bond donors (Lipinski definition) is 0. The third-order valence-electron chi connectivity index (χ3n) is 1.36. The monoisotopic (exact) mass is 213 g/mol. The van der Waals surface area contributed by atoms with Crippen molar-refractivity contribution in [1.29, 1.82) is 0 Å². The zero-order valence-electron chi connectivity index (χ0n) is 8.06. The van der Waals surface area contributed by atoms with Crippen molar-refractivity contribution < 1.29 is 9.59 Å². The van der Waals surface area contributed by atoms with Gasteiger partial charge in [0.1, 0.15) is 18.7 Å². The molecule has 14 heavy (non-hydrogen) atoms. The fraction of sp³-hybridized carbons (Fsp3) is 0.500. The number of hydrogen-bond acceptors (Lipinski definition) is 5. The molecule has 0 radical (unpaired) electrons. The van der Waals surface area contributed by atoms with E-state index in [2.05, 4.69) is 10.1 Å². The maximum atomic E-state index is 10.8. The Labute approximate surface area is 85.9 Å². The van der Waals surface area contributed by atoms with Gasteiger partial charge >= 0.3 is 0 Å². The number of Topliss-reactive ketones (excluding diaryl/α,β-unsaturated/α-hetero) is 2. The van der Waals surface area contributed by atoms with Crippen LogP contribution in [0.4, 0.5) is 0 Å². The molecule has 0 aromatic carbocycles. The number of thioether (sulfide) groups is 1. The first-order valence-corrected chi connectivity index (χ1v) is 5.07. The highest BCUT2D eigenvalue weighted by Crippen LogP contribution is 2.13. The summed E-state index contributed by atoms with van der Waals surface area (Å²) in [6.07, 6.45) is 1.38. The van der Waals surface area contributed by atoms with Crippen LogP contribution in [0, 0.1) is 0 Å². The molecule has 0 saturated heterocycles. The van der Waals surface area contributed by atoms with E-state index in [-0.39, 0.29) is 18.1 Å². The summed E-state index contributed by atoms with van der Waals surface area (Å²) >= 11 is 1.29. The van der Waals surface area contributed by atoms with Gasteiger partial charge in [-0.1, -0.05) is 11.8 Å². The van der Waals surface area contributed by atoms with Gasteiger partial charge in [-0.15, -0.1) is 0 Å². The lowest BCUT2D eigenvalue weighted by Crippen LogP contribution is -2.09. The molecule has 0 bridgehead atoms. The zero-order valence-corrected chi connectivity index (χ0v) is 8.87. The van der Waals surface area contributed by atoms with Crippen molar-refractivity contribution in [2.24, 2.45) is 0 Å². The smallest absolute Gasteiger partial charge is 0.186 e. The molecule has 6 heteroatoms. The molecule has 1 rings (SSSR count). The fourth-order valence-corrected chi connectivity index (χ4v) is 1.57. The summed E-state index contributed by atoms with van der Waals surface area (Å²) in [6, 6.07) is 0. The van der Waals surface area contributed by atoms with Crippen LogP contribution < -0.4 is 0 Å². The summed E-state index contributed by atoms with van der Waals surface area (Å²) < 4.78 is 1.50. The molecule has 1 heterocycles. The van der Waals surface area contributed by atoms with Crippen molar-refractivity contribution in [1.82, 2.24) is 14.8 Å². The minimum absolute atomic E-state index is 0.0141. The van der Waals surface area contributed by atoms with Crippen LogP contribution in [0.2, 0.25) is 0 Å². The van der Waals surface area contributed by atoms with Gasteiger partial charge in [0, 0.05) is 0 Å². The lowest BCUT2D eigenvalue weighted by atomic mass is 10.5. The van der Waals surface area contributed by atoms with Crippen LogP contribution in [-0.4, -0.2) is 32.1 Å². The van der Waals surface area contributed by atoms with Gasteiger partial charge in [-0.2, -0.15) is 5.10 Å². The van der Waals surface area contributed by atoms with Crippen molar-refractivity contribution in [2.45, 2.75) is 25.5 Å². The second-order valence-corrected chi connectivity index (χ2v) is 3.84. The lowest BCUT2D eigenvalue weighted by Gasteiger charge is -2.01. The first kappa shape index (κ1) is 10.9. The average molecular weight is 213 g/mol. The third-order valence-corrected chi connectivity index (χ3v) is 2.48. The number of ketones is 2. The highest BCUT2D eigenvalue weighted by Gasteiger charge is 2.07. The predicted molar refractivity (Wildman–Crippen MR) is 52.1 cm³/mol. The van der Waals surface area contributed by atoms with Crippen molar-refractivity contribution in [3.63, 3.8) is 0 Å². The molecule has 0 unspecified atom stereocenters. The minimum atomic E-state index is 0.0141. The van der Waals surface area contributed by atoms with Gasteiger partial charge in [0.15, 0.2) is 10.9 Å². The predicted octanol–water partition coefficient (Wildman–Crippen LogP) is 0.548. The van der Waals surface area contributed by atoms with E-state index in [0.717, 1.165) is 0 Å². The Hall–Kier alpha value is -1.17. The highest BCUT2D eigenvalue weighted by molar-refractivity contribution is 7.99. The van der Waals surface area contributed by atoms with Crippen molar-refractivity contribution >= 4 is 23.3 Å². The van der Waals surface area contributed by atoms with E-state index >= 15 is 0 Å². The Morgan fingerprint density at radius 2 is 2.14 bits per heavy atom. The third kappa shape index (κ3) is 3.29. The molecule has 1 aromatic rings. The van der Waals surface area contributed by atoms with Gasteiger partial charge in [-0.25, -0.2) is 9.67 Å². The Morgan fingerprint density at radius 1 is 1.43 bits per heavy atom. The Kier molecular flexibility index (Phi) is 3.82. The number of aromatic nitrogens is 3. The molecule has 0 atom stereocenters. The molecule has 0 fully saturated rings. The topological polar surface area (TPSA) is 64.8 Å². The molecule has 0 N–H and O–H groups in total. The van der Waals surface area contributed by atoms with Crippen molar-refractivity contribution in [3.8, 4) is 0 Å². The quantitative estimate of drug-likeness (QED) is 0.668. The van der Waals surface area contributed by atoms with Crippen LogP contribution in [0.25, 0.3) is 0 Å². The first-order chi connectivity index (χ1) is 6.59. The van der Waals surface area contributed by atoms with Gasteiger partial charge < -0.3 is 0 Å². The standard InChI is InChI=1S/C8H11N3O2S/c1-6(12)3-11-8(9-5-10-11)14-4-7(2)13/h5H,3-4H2,1-2H3. The summed E-state index contributed by atoms with van der Waals surface area (Å²) in [5.74, 6) is 0.448. The average Bonchev–Trinajstić information content (AvgIpc) is 2.47. The van der Waals surface area contributed by atoms with Crippen molar-refractivity contribution in [3.05, 3.63) is 6.33 Å². The molecular weight excluding hydrogens is 202 g/mol. The molecule has 0 aliphatic heterocycles. The molecule has 0 saturated carbocycles. The van der Waals surface area contributed by atoms with Gasteiger partial charge in [0.25, 0.3) is 0 Å². The summed E-state index contributed by atoms with van der Waals surface area (Å²) in [7, 11) is 0. The molecule has 5 nitrogen and oxygen atoms in total. The van der Waals surface area contributed by atoms with Gasteiger partial charge in [0.2, 0.25) is 0 Å². The van der Waals surface area contributed by atoms with Gasteiger partial charge in [-0.3, -0.25) is 9.59 Å². The Morgan fingerprint density at radius 3 is 2.71 bits per heavy atom. The maximum absolute atomic E-state index is 10.8. The van der Waals surface area contributed by atoms with Crippen molar-refractivity contribution in [2.75, 3.05) is 5.75 Å². The van der Waals surface area contributed by atoms with Crippen LogP contribution >= 0.6 is 11.8 Å². The molecule has 0 aliphatic rings. The molecule has 0 spiro atoms. The Bertz CT molecular complexity index is 348. The van der Waals surface area contributed by atoms with Crippen LogP contribution in [0.3, 0.4) is 0 Å². The molecule has 76 valence electrons. The minimum Gasteiger partial charge on any atom is -0.299 e. The second-order valence-electron chi connectivity index (χ2n) is 2.89. The van der Waals surface area contributed by atoms with E-state index < -0.39 is 0 Å². The van der Waals surface area contributed by atoms with E-state index in [9.17, 15) is 9.59 Å². The van der Waals surface area contributed by atoms with Crippen LogP contribution in [-0.2, 0) is 16.1 Å². The SMILES string of the molecule is CC(=O)CSc1ncnn1CC(C)=O. The largest absolute Gasteiger partial charge is 0.299 e. The summed E-state index contributed by atoms with van der Waals surface area (Å²) in [4.78, 5) is 25.5. The molecule has 1 aromatic heterocycles. The number of carbonyl (C=O) groups is 2.